The first-order valence-electron chi connectivity index (χ1n) is 11.8. The molecule has 8 heteroatoms. The average molecular weight is 490 g/mol. The van der Waals surface area contributed by atoms with Crippen LogP contribution in [0.5, 0.6) is 0 Å². The normalized spacial score (nSPS) is 18.8. The summed E-state index contributed by atoms with van der Waals surface area (Å²) in [6.45, 7) is 5.43. The molecule has 1 amide bonds. The Morgan fingerprint density at radius 1 is 1.12 bits per heavy atom. The number of fused-ring (bicyclic) bond motifs is 1. The molecule has 0 aromatic heterocycles. The highest BCUT2D eigenvalue weighted by Crippen LogP contribution is 2.35. The molecule has 4 rings (SSSR count). The van der Waals surface area contributed by atoms with E-state index >= 15 is 0 Å². The monoisotopic (exact) mass is 489 g/mol. The number of hydrogen-bond donors (Lipinski definition) is 1. The quantitative estimate of drug-likeness (QED) is 0.555. The molecule has 2 aromatic rings. The van der Waals surface area contributed by atoms with Crippen molar-refractivity contribution in [1.29, 1.82) is 0 Å². The smallest absolute Gasteiger partial charge is 0.265 e. The second-order valence-electron chi connectivity index (χ2n) is 8.94. The van der Waals surface area contributed by atoms with Crippen LogP contribution in [0.1, 0.15) is 54.9 Å². The van der Waals surface area contributed by atoms with E-state index in [1.165, 1.54) is 35.7 Å². The van der Waals surface area contributed by atoms with Gasteiger partial charge in [0.2, 0.25) is 0 Å². The molecule has 0 radical (unpaired) electrons. The first-order valence-corrected chi connectivity index (χ1v) is 13.6. The van der Waals surface area contributed by atoms with Crippen LogP contribution in [0.25, 0.3) is 0 Å². The molecule has 1 unspecified atom stereocenters. The van der Waals surface area contributed by atoms with Crippen molar-refractivity contribution in [3.05, 3.63) is 58.6 Å². The summed E-state index contributed by atoms with van der Waals surface area (Å²) in [6.07, 6.45) is 6.42. The first-order chi connectivity index (χ1) is 15.9. The van der Waals surface area contributed by atoms with Gasteiger partial charge in [-0.3, -0.25) is 9.10 Å². The van der Waals surface area contributed by atoms with Gasteiger partial charge in [-0.25, -0.2) is 8.42 Å². The summed E-state index contributed by atoms with van der Waals surface area (Å²) in [5, 5.41) is 3.04. The fraction of sp³-hybridized carbons (Fsp3) is 0.480. The van der Waals surface area contributed by atoms with Crippen LogP contribution in [0.3, 0.4) is 0 Å². The Kier molecular flexibility index (Phi) is 7.62. The van der Waals surface area contributed by atoms with Gasteiger partial charge in [0.25, 0.3) is 15.9 Å². The van der Waals surface area contributed by atoms with Crippen LogP contribution in [-0.2, 0) is 16.4 Å². The molecule has 0 bridgehead atoms. The number of rotatable bonds is 8. The summed E-state index contributed by atoms with van der Waals surface area (Å²) < 4.78 is 28.1. The van der Waals surface area contributed by atoms with E-state index in [2.05, 4.69) is 17.1 Å². The minimum Gasteiger partial charge on any atom is -0.352 e. The van der Waals surface area contributed by atoms with E-state index in [0.29, 0.717) is 36.8 Å². The fourth-order valence-electron chi connectivity index (χ4n) is 4.75. The average Bonchev–Trinajstić information content (AvgIpc) is 3.25. The van der Waals surface area contributed by atoms with Crippen LogP contribution in [0.4, 0.5) is 5.69 Å². The highest BCUT2D eigenvalue weighted by atomic mass is 35.5. The van der Waals surface area contributed by atoms with Crippen LogP contribution in [-0.4, -0.2) is 51.4 Å². The van der Waals surface area contributed by atoms with Crippen LogP contribution in [0.2, 0.25) is 5.02 Å². The maximum atomic E-state index is 13.4. The standard InChI is InChI=1S/C25H32ClN3O3S/c1-19-8-4-6-15-28(19)16-7-5-14-27-25(30)21-11-12-22(26)24(18-21)33(31,32)29-17-13-20-9-2-3-10-23(20)29/h2-3,9-12,18-19H,4-8,13-17H2,1H3,(H,27,30). The van der Waals surface area contributed by atoms with Crippen molar-refractivity contribution in [1.82, 2.24) is 10.2 Å². The maximum Gasteiger partial charge on any atom is 0.265 e. The van der Waals surface area contributed by atoms with Crippen molar-refractivity contribution in [2.45, 2.75) is 56.4 Å². The molecule has 2 heterocycles. The van der Waals surface area contributed by atoms with Crippen molar-refractivity contribution in [3.8, 4) is 0 Å². The Balaban J connectivity index is 1.37. The number of nitrogens with zero attached hydrogens (tertiary/aromatic N) is 2. The number of carbonyl (C=O) groups excluding carboxylic acids is 1. The van der Waals surface area contributed by atoms with E-state index in [9.17, 15) is 13.2 Å². The number of piperidine rings is 1. The molecule has 6 nitrogen and oxygen atoms in total. The molecule has 2 aliphatic heterocycles. The van der Waals surface area contributed by atoms with Crippen LogP contribution in [0.15, 0.2) is 47.4 Å². The molecular formula is C25H32ClN3O3S. The van der Waals surface area contributed by atoms with Gasteiger partial charge >= 0.3 is 0 Å². The van der Waals surface area contributed by atoms with Gasteiger partial charge in [-0.2, -0.15) is 0 Å². The van der Waals surface area contributed by atoms with Crippen molar-refractivity contribution < 1.29 is 13.2 Å². The van der Waals surface area contributed by atoms with E-state index in [4.69, 9.17) is 11.6 Å². The van der Waals surface area contributed by atoms with Crippen molar-refractivity contribution in [2.24, 2.45) is 0 Å². The lowest BCUT2D eigenvalue weighted by molar-refractivity contribution is 0.0951. The van der Waals surface area contributed by atoms with E-state index in [1.54, 1.807) is 12.1 Å². The Morgan fingerprint density at radius 2 is 1.94 bits per heavy atom. The molecule has 1 atom stereocenters. The number of unbranched alkanes of at least 4 members (excludes halogenated alkanes) is 1. The predicted octanol–water partition coefficient (Wildman–Crippen LogP) is 4.48. The third-order valence-electron chi connectivity index (χ3n) is 6.70. The zero-order valence-corrected chi connectivity index (χ0v) is 20.7. The lowest BCUT2D eigenvalue weighted by Crippen LogP contribution is -2.38. The Hall–Kier alpha value is -2.09. The Morgan fingerprint density at radius 3 is 2.76 bits per heavy atom. The van der Waals surface area contributed by atoms with Gasteiger partial charge in [0, 0.05) is 24.7 Å². The largest absolute Gasteiger partial charge is 0.352 e. The molecule has 2 aromatic carbocycles. The molecule has 33 heavy (non-hydrogen) atoms. The van der Waals surface area contributed by atoms with Gasteiger partial charge in [0.05, 0.1) is 10.7 Å². The second-order valence-corrected chi connectivity index (χ2v) is 11.2. The molecule has 1 saturated heterocycles. The Labute approximate surface area is 202 Å². The van der Waals surface area contributed by atoms with E-state index < -0.39 is 10.0 Å². The summed E-state index contributed by atoms with van der Waals surface area (Å²) in [4.78, 5) is 15.2. The number of para-hydroxylation sites is 1. The van der Waals surface area contributed by atoms with E-state index in [1.807, 2.05) is 18.2 Å². The van der Waals surface area contributed by atoms with E-state index in [-0.39, 0.29) is 15.8 Å². The molecule has 0 aliphatic carbocycles. The highest BCUT2D eigenvalue weighted by molar-refractivity contribution is 7.93. The molecule has 2 aliphatic rings. The van der Waals surface area contributed by atoms with Crippen LogP contribution < -0.4 is 9.62 Å². The van der Waals surface area contributed by atoms with Gasteiger partial charge in [0.1, 0.15) is 4.90 Å². The molecule has 1 N–H and O–H groups in total. The number of anilines is 1. The Bertz CT molecular complexity index is 1110. The molecule has 0 spiro atoms. The minimum absolute atomic E-state index is 0.0346. The number of sulfonamides is 1. The minimum atomic E-state index is -3.87. The number of carbonyl (C=O) groups is 1. The van der Waals surface area contributed by atoms with Crippen molar-refractivity contribution in [2.75, 3.05) is 30.5 Å². The summed E-state index contributed by atoms with van der Waals surface area (Å²) in [5.41, 5.74) is 1.96. The first kappa shape index (κ1) is 24.0. The van der Waals surface area contributed by atoms with Gasteiger partial charge in [-0.05, 0) is 81.9 Å². The summed E-state index contributed by atoms with van der Waals surface area (Å²) in [7, 11) is -3.87. The zero-order valence-electron chi connectivity index (χ0n) is 19.1. The second kappa shape index (κ2) is 10.5. The number of hydrogen-bond acceptors (Lipinski definition) is 4. The zero-order chi connectivity index (χ0) is 23.4. The lowest BCUT2D eigenvalue weighted by atomic mass is 10.0. The molecule has 1 fully saturated rings. The molecule has 178 valence electrons. The van der Waals surface area contributed by atoms with Gasteiger partial charge in [0.15, 0.2) is 0 Å². The third-order valence-corrected chi connectivity index (χ3v) is 9.00. The van der Waals surface area contributed by atoms with Gasteiger partial charge < -0.3 is 10.2 Å². The number of halogens is 1. The van der Waals surface area contributed by atoms with Crippen LogP contribution in [0, 0.1) is 0 Å². The number of benzene rings is 2. The number of amides is 1. The molecular weight excluding hydrogens is 458 g/mol. The highest BCUT2D eigenvalue weighted by Gasteiger charge is 2.32. The third kappa shape index (κ3) is 5.36. The van der Waals surface area contributed by atoms with Gasteiger partial charge in [-0.1, -0.05) is 36.2 Å². The summed E-state index contributed by atoms with van der Waals surface area (Å²) in [6, 6.07) is 12.6. The SMILES string of the molecule is CC1CCCCN1CCCCNC(=O)c1ccc(Cl)c(S(=O)(=O)N2CCc3ccccc32)c1. The fourth-order valence-corrected chi connectivity index (χ4v) is 6.76. The number of nitrogens with one attached hydrogen (secondary N) is 1. The summed E-state index contributed by atoms with van der Waals surface area (Å²) >= 11 is 6.28. The topological polar surface area (TPSA) is 69.7 Å². The van der Waals surface area contributed by atoms with Crippen molar-refractivity contribution >= 4 is 33.2 Å². The maximum absolute atomic E-state index is 13.4. The predicted molar refractivity (Wildman–Crippen MR) is 133 cm³/mol. The number of likely N-dealkylation sites (tertiary alicyclic amines) is 1. The lowest BCUT2D eigenvalue weighted by Gasteiger charge is -2.33. The van der Waals surface area contributed by atoms with E-state index in [0.717, 1.165) is 31.5 Å². The van der Waals surface area contributed by atoms with Crippen LogP contribution >= 0.6 is 11.6 Å². The van der Waals surface area contributed by atoms with Gasteiger partial charge in [-0.15, -0.1) is 0 Å². The molecule has 0 saturated carbocycles. The van der Waals surface area contributed by atoms with Crippen molar-refractivity contribution in [3.63, 3.8) is 0 Å². The summed E-state index contributed by atoms with van der Waals surface area (Å²) in [5.74, 6) is -0.281.